The van der Waals surface area contributed by atoms with Gasteiger partial charge >= 0.3 is 6.09 Å². The molecule has 80 valence electrons. The molecule has 0 aromatic rings. The van der Waals surface area contributed by atoms with E-state index in [1.54, 1.807) is 14.1 Å². The number of nitrogens with one attached hydrogen (secondary N) is 1. The van der Waals surface area contributed by atoms with Crippen molar-refractivity contribution in [1.82, 2.24) is 10.2 Å². The number of hydrogen-bond acceptors (Lipinski definition) is 3. The van der Waals surface area contributed by atoms with Gasteiger partial charge in [0.15, 0.2) is 0 Å². The third kappa shape index (κ3) is 3.79. The number of rotatable bonds is 1. The summed E-state index contributed by atoms with van der Waals surface area (Å²) in [4.78, 5) is 12.7. The Morgan fingerprint density at radius 3 is 3.00 bits per heavy atom. The van der Waals surface area contributed by atoms with E-state index in [0.29, 0.717) is 0 Å². The third-order valence-corrected chi connectivity index (χ3v) is 2.06. The van der Waals surface area contributed by atoms with E-state index in [9.17, 15) is 4.79 Å². The molecule has 1 aliphatic heterocycles. The van der Waals surface area contributed by atoms with E-state index in [2.05, 4.69) is 11.4 Å². The summed E-state index contributed by atoms with van der Waals surface area (Å²) < 4.78 is 5.25. The largest absolute Gasteiger partial charge is 0.442 e. The summed E-state index contributed by atoms with van der Waals surface area (Å²) in [6, 6.07) is 0. The van der Waals surface area contributed by atoms with Crippen molar-refractivity contribution in [3.05, 3.63) is 12.2 Å². The molecular formula is C10H18N2O2. The fourth-order valence-corrected chi connectivity index (χ4v) is 1.23. The van der Waals surface area contributed by atoms with Crippen LogP contribution in [-0.4, -0.2) is 44.3 Å². The summed E-state index contributed by atoms with van der Waals surface area (Å²) in [5, 5.41) is 3.26. The molecule has 1 atom stereocenters. The SMILES string of the molecule is CN(C)C(=O)O[C@@H]1/C=C/CCNCC1. The van der Waals surface area contributed by atoms with Crippen LogP contribution in [0, 0.1) is 0 Å². The van der Waals surface area contributed by atoms with E-state index in [4.69, 9.17) is 4.74 Å². The Bertz CT molecular complexity index is 214. The lowest BCUT2D eigenvalue weighted by atomic mass is 10.2. The molecule has 1 heterocycles. The van der Waals surface area contributed by atoms with Gasteiger partial charge in [-0.15, -0.1) is 0 Å². The van der Waals surface area contributed by atoms with E-state index in [1.807, 2.05) is 6.08 Å². The van der Waals surface area contributed by atoms with Crippen LogP contribution in [0.5, 0.6) is 0 Å². The highest BCUT2D eigenvalue weighted by Gasteiger charge is 2.13. The number of carbonyl (C=O) groups excluding carboxylic acids is 1. The minimum atomic E-state index is -0.278. The van der Waals surface area contributed by atoms with Gasteiger partial charge in [0.1, 0.15) is 6.10 Å². The van der Waals surface area contributed by atoms with Crippen LogP contribution in [-0.2, 0) is 4.74 Å². The zero-order valence-electron chi connectivity index (χ0n) is 8.82. The highest BCUT2D eigenvalue weighted by molar-refractivity contribution is 5.67. The van der Waals surface area contributed by atoms with Gasteiger partial charge in [-0.25, -0.2) is 4.79 Å². The van der Waals surface area contributed by atoms with Crippen molar-refractivity contribution >= 4 is 6.09 Å². The van der Waals surface area contributed by atoms with Gasteiger partial charge in [0, 0.05) is 20.5 Å². The predicted molar refractivity (Wildman–Crippen MR) is 55.2 cm³/mol. The van der Waals surface area contributed by atoms with E-state index in [0.717, 1.165) is 25.9 Å². The summed E-state index contributed by atoms with van der Waals surface area (Å²) in [5.74, 6) is 0. The standard InChI is InChI=1S/C10H18N2O2/c1-12(2)10(13)14-9-5-3-4-7-11-8-6-9/h3,5,9,11H,4,6-8H2,1-2H3/b5-3+/t9-/m1/s1. The lowest BCUT2D eigenvalue weighted by Gasteiger charge is -2.19. The van der Waals surface area contributed by atoms with E-state index in [-0.39, 0.29) is 12.2 Å². The summed E-state index contributed by atoms with van der Waals surface area (Å²) in [6.07, 6.45) is 5.51. The van der Waals surface area contributed by atoms with E-state index < -0.39 is 0 Å². The first-order chi connectivity index (χ1) is 6.70. The number of nitrogens with zero attached hydrogens (tertiary/aromatic N) is 1. The van der Waals surface area contributed by atoms with Crippen LogP contribution in [0.15, 0.2) is 12.2 Å². The Kier molecular flexibility index (Phi) is 4.46. The number of hydrogen-bond donors (Lipinski definition) is 1. The molecule has 0 saturated heterocycles. The summed E-state index contributed by atoms with van der Waals surface area (Å²) in [5.41, 5.74) is 0. The van der Waals surface area contributed by atoms with Crippen molar-refractivity contribution in [2.75, 3.05) is 27.2 Å². The van der Waals surface area contributed by atoms with Crippen LogP contribution in [0.2, 0.25) is 0 Å². The number of amides is 1. The lowest BCUT2D eigenvalue weighted by Crippen LogP contribution is -2.30. The summed E-state index contributed by atoms with van der Waals surface area (Å²) in [7, 11) is 3.38. The Morgan fingerprint density at radius 2 is 2.29 bits per heavy atom. The lowest BCUT2D eigenvalue weighted by molar-refractivity contribution is 0.0900. The van der Waals surface area contributed by atoms with E-state index >= 15 is 0 Å². The van der Waals surface area contributed by atoms with Crippen LogP contribution in [0.4, 0.5) is 4.79 Å². The quantitative estimate of drug-likeness (QED) is 0.639. The highest BCUT2D eigenvalue weighted by atomic mass is 16.6. The third-order valence-electron chi connectivity index (χ3n) is 2.06. The van der Waals surface area contributed by atoms with Crippen molar-refractivity contribution in [3.8, 4) is 0 Å². The Hall–Kier alpha value is -1.03. The molecular weight excluding hydrogens is 180 g/mol. The van der Waals surface area contributed by atoms with Gasteiger partial charge in [0.25, 0.3) is 0 Å². The van der Waals surface area contributed by atoms with Crippen LogP contribution in [0.1, 0.15) is 12.8 Å². The summed E-state index contributed by atoms with van der Waals surface area (Å²) >= 11 is 0. The fourth-order valence-electron chi connectivity index (χ4n) is 1.23. The molecule has 1 rings (SSSR count). The molecule has 0 aromatic carbocycles. The Morgan fingerprint density at radius 1 is 1.50 bits per heavy atom. The average Bonchev–Trinajstić information content (AvgIpc) is 2.08. The van der Waals surface area contributed by atoms with Gasteiger partial charge in [0.2, 0.25) is 0 Å². The van der Waals surface area contributed by atoms with Gasteiger partial charge in [-0.1, -0.05) is 6.08 Å². The molecule has 1 amide bonds. The topological polar surface area (TPSA) is 41.6 Å². The van der Waals surface area contributed by atoms with Crippen LogP contribution in [0.3, 0.4) is 0 Å². The molecule has 0 aliphatic carbocycles. The zero-order chi connectivity index (χ0) is 10.4. The number of carbonyl (C=O) groups is 1. The molecule has 14 heavy (non-hydrogen) atoms. The molecule has 4 heteroatoms. The smallest absolute Gasteiger partial charge is 0.409 e. The van der Waals surface area contributed by atoms with Crippen LogP contribution < -0.4 is 5.32 Å². The minimum absolute atomic E-state index is 0.0855. The fraction of sp³-hybridized carbons (Fsp3) is 0.700. The van der Waals surface area contributed by atoms with Crippen LogP contribution in [0.25, 0.3) is 0 Å². The molecule has 0 saturated carbocycles. The molecule has 0 aromatic heterocycles. The first-order valence-electron chi connectivity index (χ1n) is 4.95. The second-order valence-electron chi connectivity index (χ2n) is 3.57. The van der Waals surface area contributed by atoms with Crippen molar-refractivity contribution in [3.63, 3.8) is 0 Å². The average molecular weight is 198 g/mol. The van der Waals surface area contributed by atoms with Crippen molar-refractivity contribution < 1.29 is 9.53 Å². The Balaban J connectivity index is 2.41. The first-order valence-corrected chi connectivity index (χ1v) is 4.95. The number of ether oxygens (including phenoxy) is 1. The highest BCUT2D eigenvalue weighted by Crippen LogP contribution is 2.05. The normalized spacial score (nSPS) is 24.6. The maximum absolute atomic E-state index is 11.3. The Labute approximate surface area is 84.9 Å². The van der Waals surface area contributed by atoms with Gasteiger partial charge < -0.3 is 15.0 Å². The molecule has 1 N–H and O–H groups in total. The first kappa shape index (κ1) is 11.0. The molecule has 0 radical (unpaired) electrons. The van der Waals surface area contributed by atoms with Crippen molar-refractivity contribution in [2.45, 2.75) is 18.9 Å². The van der Waals surface area contributed by atoms with Gasteiger partial charge in [-0.2, -0.15) is 0 Å². The second kappa shape index (κ2) is 5.65. The van der Waals surface area contributed by atoms with Crippen molar-refractivity contribution in [1.29, 1.82) is 0 Å². The van der Waals surface area contributed by atoms with Gasteiger partial charge in [-0.3, -0.25) is 0 Å². The van der Waals surface area contributed by atoms with Gasteiger partial charge in [0.05, 0.1) is 0 Å². The van der Waals surface area contributed by atoms with E-state index in [1.165, 1.54) is 4.90 Å². The molecule has 0 bridgehead atoms. The maximum Gasteiger partial charge on any atom is 0.409 e. The van der Waals surface area contributed by atoms with Gasteiger partial charge in [-0.05, 0) is 25.6 Å². The maximum atomic E-state index is 11.3. The minimum Gasteiger partial charge on any atom is -0.442 e. The molecule has 0 unspecified atom stereocenters. The molecule has 0 spiro atoms. The second-order valence-corrected chi connectivity index (χ2v) is 3.57. The predicted octanol–water partition coefficient (Wildman–Crippen LogP) is 0.993. The molecule has 0 fully saturated rings. The molecule has 1 aliphatic rings. The zero-order valence-corrected chi connectivity index (χ0v) is 8.82. The summed E-state index contributed by atoms with van der Waals surface area (Å²) in [6.45, 7) is 1.90. The van der Waals surface area contributed by atoms with Crippen molar-refractivity contribution in [2.24, 2.45) is 0 Å². The monoisotopic (exact) mass is 198 g/mol. The van der Waals surface area contributed by atoms with Crippen LogP contribution >= 0.6 is 0 Å². The molecule has 4 nitrogen and oxygen atoms in total.